The van der Waals surface area contributed by atoms with Crippen LogP contribution in [0.4, 0.5) is 5.82 Å². The Morgan fingerprint density at radius 3 is 2.71 bits per heavy atom. The monoisotopic (exact) mass is 466 g/mol. The molecule has 2 aromatic rings. The zero-order valence-corrected chi connectivity index (χ0v) is 19.5. The van der Waals surface area contributed by atoms with E-state index in [1.54, 1.807) is 17.7 Å². The third-order valence-electron chi connectivity index (χ3n) is 6.81. The van der Waals surface area contributed by atoms with Crippen molar-refractivity contribution >= 4 is 37.5 Å². The molecule has 1 saturated heterocycles. The summed E-state index contributed by atoms with van der Waals surface area (Å²) in [6.45, 7) is 3.99. The van der Waals surface area contributed by atoms with E-state index in [1.807, 2.05) is 0 Å². The SMILES string of the molecule is CS(=O)(=O)OC[C@H]1CCc2sc3ncnc(NC4CCC(N5CCOCC5)CC4)c3c21. The lowest BCUT2D eigenvalue weighted by atomic mass is 9.90. The second-order valence-electron chi connectivity index (χ2n) is 8.86. The number of nitrogens with zero attached hydrogens (tertiary/aromatic N) is 3. The highest BCUT2D eigenvalue weighted by Crippen LogP contribution is 2.45. The van der Waals surface area contributed by atoms with E-state index >= 15 is 0 Å². The third kappa shape index (κ3) is 4.73. The van der Waals surface area contributed by atoms with Crippen LogP contribution < -0.4 is 5.32 Å². The first kappa shape index (κ1) is 21.5. The van der Waals surface area contributed by atoms with E-state index in [1.165, 1.54) is 23.3 Å². The number of aromatic nitrogens is 2. The van der Waals surface area contributed by atoms with Gasteiger partial charge in [-0.1, -0.05) is 0 Å². The van der Waals surface area contributed by atoms with E-state index < -0.39 is 10.1 Å². The summed E-state index contributed by atoms with van der Waals surface area (Å²) in [4.78, 5) is 14.0. The van der Waals surface area contributed by atoms with Crippen LogP contribution >= 0.6 is 11.3 Å². The minimum atomic E-state index is -3.45. The van der Waals surface area contributed by atoms with Crippen LogP contribution in [0.5, 0.6) is 0 Å². The molecule has 3 aliphatic rings. The number of morpholine rings is 1. The molecule has 1 atom stereocenters. The molecule has 170 valence electrons. The van der Waals surface area contributed by atoms with E-state index in [0.717, 1.165) is 74.3 Å². The van der Waals surface area contributed by atoms with Crippen molar-refractivity contribution in [2.75, 3.05) is 44.5 Å². The minimum Gasteiger partial charge on any atom is -0.379 e. The van der Waals surface area contributed by atoms with Gasteiger partial charge in [-0.15, -0.1) is 11.3 Å². The number of anilines is 1. The smallest absolute Gasteiger partial charge is 0.264 e. The van der Waals surface area contributed by atoms with Gasteiger partial charge in [-0.05, 0) is 44.1 Å². The molecular weight excluding hydrogens is 436 g/mol. The van der Waals surface area contributed by atoms with Gasteiger partial charge in [-0.25, -0.2) is 9.97 Å². The van der Waals surface area contributed by atoms with Crippen molar-refractivity contribution in [1.82, 2.24) is 14.9 Å². The predicted molar refractivity (Wildman–Crippen MR) is 121 cm³/mol. The van der Waals surface area contributed by atoms with Crippen molar-refractivity contribution in [3.8, 4) is 0 Å². The van der Waals surface area contributed by atoms with Crippen LogP contribution in [0.15, 0.2) is 6.33 Å². The zero-order chi connectivity index (χ0) is 21.4. The molecule has 5 rings (SSSR count). The molecular formula is C21H30N4O4S2. The van der Waals surface area contributed by atoms with Gasteiger partial charge in [0.15, 0.2) is 0 Å². The maximum atomic E-state index is 11.5. The van der Waals surface area contributed by atoms with Crippen molar-refractivity contribution < 1.29 is 17.3 Å². The first-order valence-corrected chi connectivity index (χ1v) is 13.8. The first-order chi connectivity index (χ1) is 15.0. The van der Waals surface area contributed by atoms with Crippen LogP contribution in [0, 0.1) is 0 Å². The fourth-order valence-electron chi connectivity index (χ4n) is 5.27. The molecule has 1 N–H and O–H groups in total. The summed E-state index contributed by atoms with van der Waals surface area (Å²) < 4.78 is 33.7. The highest BCUT2D eigenvalue weighted by molar-refractivity contribution is 7.85. The summed E-state index contributed by atoms with van der Waals surface area (Å²) in [5.41, 5.74) is 1.19. The molecule has 0 radical (unpaired) electrons. The normalized spacial score (nSPS) is 27.5. The fraction of sp³-hybridized carbons (Fsp3) is 0.714. The van der Waals surface area contributed by atoms with Crippen LogP contribution in [0.1, 0.15) is 48.5 Å². The van der Waals surface area contributed by atoms with Gasteiger partial charge in [-0.3, -0.25) is 9.08 Å². The van der Waals surface area contributed by atoms with Crippen molar-refractivity contribution in [3.05, 3.63) is 16.8 Å². The Bertz CT molecular complexity index is 1030. The number of fused-ring (bicyclic) bond motifs is 3. The molecule has 1 aliphatic heterocycles. The van der Waals surface area contributed by atoms with Gasteiger partial charge in [0.25, 0.3) is 10.1 Å². The molecule has 2 aromatic heterocycles. The highest BCUT2D eigenvalue weighted by Gasteiger charge is 2.32. The van der Waals surface area contributed by atoms with Gasteiger partial charge >= 0.3 is 0 Å². The van der Waals surface area contributed by atoms with E-state index in [0.29, 0.717) is 12.1 Å². The Morgan fingerprint density at radius 2 is 1.97 bits per heavy atom. The van der Waals surface area contributed by atoms with E-state index in [-0.39, 0.29) is 12.5 Å². The summed E-state index contributed by atoms with van der Waals surface area (Å²) >= 11 is 1.70. The van der Waals surface area contributed by atoms with Gasteiger partial charge < -0.3 is 10.1 Å². The number of hydrogen-bond acceptors (Lipinski definition) is 9. The number of ether oxygens (including phenoxy) is 1. The van der Waals surface area contributed by atoms with E-state index in [9.17, 15) is 8.42 Å². The molecule has 8 nitrogen and oxygen atoms in total. The molecule has 0 amide bonds. The number of thiophene rings is 1. The average Bonchev–Trinajstić information content (AvgIpc) is 3.32. The lowest BCUT2D eigenvalue weighted by Crippen LogP contribution is -2.46. The van der Waals surface area contributed by atoms with Gasteiger partial charge in [0.2, 0.25) is 0 Å². The molecule has 2 fully saturated rings. The second-order valence-corrected chi connectivity index (χ2v) is 11.6. The standard InChI is InChI=1S/C21H30N4O4S2/c1-31(26,27)29-12-14-2-7-17-18(14)19-20(22-13-23-21(19)30-17)24-15-3-5-16(6-4-15)25-8-10-28-11-9-25/h13-16H,2-12H2,1H3,(H,22,23,24)/t14-,15?,16?/m1/s1. The van der Waals surface area contributed by atoms with Crippen LogP contribution in [0.2, 0.25) is 0 Å². The molecule has 1 saturated carbocycles. The van der Waals surface area contributed by atoms with Gasteiger partial charge in [-0.2, -0.15) is 8.42 Å². The predicted octanol–water partition coefficient (Wildman–Crippen LogP) is 2.75. The summed E-state index contributed by atoms with van der Waals surface area (Å²) in [5.74, 6) is 0.964. The van der Waals surface area contributed by atoms with Crippen molar-refractivity contribution in [3.63, 3.8) is 0 Å². The third-order valence-corrected chi connectivity index (χ3v) is 8.55. The lowest BCUT2D eigenvalue weighted by molar-refractivity contribution is 0.00791. The fourth-order valence-corrected chi connectivity index (χ4v) is 6.92. The van der Waals surface area contributed by atoms with Crippen LogP contribution in [-0.4, -0.2) is 74.5 Å². The van der Waals surface area contributed by atoms with Crippen LogP contribution in [0.3, 0.4) is 0 Å². The largest absolute Gasteiger partial charge is 0.379 e. The number of hydrogen-bond donors (Lipinski definition) is 1. The number of rotatable bonds is 6. The topological polar surface area (TPSA) is 93.7 Å². The first-order valence-electron chi connectivity index (χ1n) is 11.2. The minimum absolute atomic E-state index is 0.0714. The highest BCUT2D eigenvalue weighted by atomic mass is 32.2. The molecule has 0 spiro atoms. The van der Waals surface area contributed by atoms with Crippen molar-refractivity contribution in [1.29, 1.82) is 0 Å². The maximum Gasteiger partial charge on any atom is 0.264 e. The summed E-state index contributed by atoms with van der Waals surface area (Å²) in [6, 6.07) is 1.06. The molecule has 31 heavy (non-hydrogen) atoms. The quantitative estimate of drug-likeness (QED) is 0.650. The summed E-state index contributed by atoms with van der Waals surface area (Å²) in [6.07, 6.45) is 9.23. The van der Waals surface area contributed by atoms with Crippen LogP contribution in [-0.2, 0) is 25.5 Å². The Morgan fingerprint density at radius 1 is 1.19 bits per heavy atom. The summed E-state index contributed by atoms with van der Waals surface area (Å²) in [7, 11) is -3.45. The van der Waals surface area contributed by atoms with Crippen molar-refractivity contribution in [2.24, 2.45) is 0 Å². The average molecular weight is 467 g/mol. The number of aryl methyl sites for hydroxylation is 1. The van der Waals surface area contributed by atoms with Gasteiger partial charge in [0.1, 0.15) is 17.0 Å². The molecule has 0 bridgehead atoms. The second kappa shape index (κ2) is 8.90. The summed E-state index contributed by atoms with van der Waals surface area (Å²) in [5, 5.41) is 4.78. The maximum absolute atomic E-state index is 11.5. The zero-order valence-electron chi connectivity index (χ0n) is 17.9. The Balaban J connectivity index is 1.31. The van der Waals surface area contributed by atoms with E-state index in [2.05, 4.69) is 20.2 Å². The van der Waals surface area contributed by atoms with Crippen LogP contribution in [0.25, 0.3) is 10.2 Å². The van der Waals surface area contributed by atoms with Gasteiger partial charge in [0.05, 0.1) is 31.5 Å². The molecule has 3 heterocycles. The molecule has 2 aliphatic carbocycles. The molecule has 0 aromatic carbocycles. The van der Waals surface area contributed by atoms with Crippen molar-refractivity contribution in [2.45, 2.75) is 56.5 Å². The number of nitrogens with one attached hydrogen (secondary N) is 1. The Labute approximate surface area is 187 Å². The Hall–Kier alpha value is -1.33. The Kier molecular flexibility index (Phi) is 6.17. The lowest BCUT2D eigenvalue weighted by Gasteiger charge is -2.39. The molecule has 0 unspecified atom stereocenters. The van der Waals surface area contributed by atoms with E-state index in [4.69, 9.17) is 8.92 Å². The molecule has 10 heteroatoms. The van der Waals surface area contributed by atoms with Gasteiger partial charge in [0, 0.05) is 36.0 Å².